The van der Waals surface area contributed by atoms with Gasteiger partial charge in [-0.1, -0.05) is 0 Å². The minimum Gasteiger partial charge on any atom is -0.496 e. The van der Waals surface area contributed by atoms with Crippen molar-refractivity contribution in [3.05, 3.63) is 30.1 Å². The quantitative estimate of drug-likeness (QED) is 0.819. The minimum absolute atomic E-state index is 0.142. The number of piperidine rings is 1. The molecule has 3 aliphatic heterocycles. The molecule has 3 aliphatic rings. The highest BCUT2D eigenvalue weighted by atomic mass is 16.7. The van der Waals surface area contributed by atoms with E-state index in [1.807, 2.05) is 31.6 Å². The third-order valence-electron chi connectivity index (χ3n) is 5.94. The average molecular weight is 411 g/mol. The lowest BCUT2D eigenvalue weighted by Gasteiger charge is -2.37. The van der Waals surface area contributed by atoms with Gasteiger partial charge in [0.05, 0.1) is 32.2 Å². The highest BCUT2D eigenvalue weighted by molar-refractivity contribution is 6.04. The first-order valence-corrected chi connectivity index (χ1v) is 10.2. The van der Waals surface area contributed by atoms with Crippen LogP contribution in [0.1, 0.15) is 18.4 Å². The van der Waals surface area contributed by atoms with E-state index in [2.05, 4.69) is 10.4 Å². The van der Waals surface area contributed by atoms with Gasteiger partial charge in [0, 0.05) is 62.3 Å². The molecule has 0 aliphatic carbocycles. The number of hydrogen-bond acceptors (Lipinski definition) is 6. The molecule has 9 heteroatoms. The van der Waals surface area contributed by atoms with E-state index < -0.39 is 5.79 Å². The summed E-state index contributed by atoms with van der Waals surface area (Å²) in [6.45, 7) is 2.44. The smallest absolute Gasteiger partial charge is 0.322 e. The Morgan fingerprint density at radius 1 is 1.23 bits per heavy atom. The number of nitrogens with one attached hydrogen (secondary N) is 1. The van der Waals surface area contributed by atoms with Crippen LogP contribution in [0.2, 0.25) is 0 Å². The van der Waals surface area contributed by atoms with Gasteiger partial charge in [0.2, 0.25) is 0 Å². The van der Waals surface area contributed by atoms with Crippen LogP contribution in [-0.4, -0.2) is 65.7 Å². The molecule has 2 amide bonds. The number of aliphatic imine (C=N–C) groups is 1. The van der Waals surface area contributed by atoms with E-state index >= 15 is 0 Å². The van der Waals surface area contributed by atoms with Gasteiger partial charge in [-0.15, -0.1) is 0 Å². The summed E-state index contributed by atoms with van der Waals surface area (Å²) >= 11 is 0. The molecule has 0 unspecified atom stereocenters. The summed E-state index contributed by atoms with van der Waals surface area (Å²) in [6.07, 6.45) is 5.65. The zero-order valence-electron chi connectivity index (χ0n) is 17.2. The molecule has 0 bridgehead atoms. The van der Waals surface area contributed by atoms with E-state index in [0.717, 1.165) is 28.1 Å². The molecule has 158 valence electrons. The highest BCUT2D eigenvalue weighted by Gasteiger charge is 2.41. The second-order valence-corrected chi connectivity index (χ2v) is 7.81. The number of carbonyl (C=O) groups excluding carboxylic acids is 1. The maximum Gasteiger partial charge on any atom is 0.322 e. The third-order valence-corrected chi connectivity index (χ3v) is 5.94. The number of nitrogens with zero attached hydrogens (tertiary/aromatic N) is 4. The van der Waals surface area contributed by atoms with Crippen molar-refractivity contribution in [3.63, 3.8) is 0 Å². The summed E-state index contributed by atoms with van der Waals surface area (Å²) in [5, 5.41) is 7.25. The Morgan fingerprint density at radius 2 is 2.00 bits per heavy atom. The number of likely N-dealkylation sites (tertiary alicyclic amines) is 1. The van der Waals surface area contributed by atoms with Gasteiger partial charge in [-0.25, -0.2) is 9.79 Å². The molecule has 4 heterocycles. The van der Waals surface area contributed by atoms with Crippen molar-refractivity contribution >= 4 is 17.6 Å². The Labute approximate surface area is 174 Å². The lowest BCUT2D eigenvalue weighted by molar-refractivity contribution is -0.181. The first kappa shape index (κ1) is 19.1. The molecule has 0 atom stereocenters. The Morgan fingerprint density at radius 3 is 2.67 bits per heavy atom. The minimum atomic E-state index is -0.496. The van der Waals surface area contributed by atoms with Gasteiger partial charge in [0.15, 0.2) is 5.79 Å². The summed E-state index contributed by atoms with van der Waals surface area (Å²) < 4.78 is 18.8. The van der Waals surface area contributed by atoms with Crippen molar-refractivity contribution in [2.24, 2.45) is 12.0 Å². The standard InChI is InChI=1S/C21H25N5O4/c1-25-13-14(12-22-25)15-3-4-17(28-2)16-11-18(23-19(15)16)24-20(27)26-7-5-21(6-8-26)29-9-10-30-21/h3-4,12-13H,5-11H2,1-2H3,(H,23,24,27). The number of methoxy groups -OCH3 is 1. The van der Waals surface area contributed by atoms with Crippen molar-refractivity contribution in [1.82, 2.24) is 20.0 Å². The van der Waals surface area contributed by atoms with Crippen LogP contribution in [0.4, 0.5) is 10.5 Å². The first-order chi connectivity index (χ1) is 14.6. The number of rotatable bonds is 2. The molecule has 1 spiro atoms. The van der Waals surface area contributed by atoms with Crippen LogP contribution in [0.25, 0.3) is 11.1 Å². The van der Waals surface area contributed by atoms with E-state index in [-0.39, 0.29) is 6.03 Å². The summed E-state index contributed by atoms with van der Waals surface area (Å²) in [4.78, 5) is 19.4. The Kier molecular flexibility index (Phi) is 4.71. The summed E-state index contributed by atoms with van der Waals surface area (Å²) in [7, 11) is 3.53. The molecule has 9 nitrogen and oxygen atoms in total. The molecule has 0 saturated carbocycles. The number of ether oxygens (including phenoxy) is 3. The van der Waals surface area contributed by atoms with Crippen LogP contribution in [0, 0.1) is 0 Å². The van der Waals surface area contributed by atoms with Crippen molar-refractivity contribution in [2.75, 3.05) is 33.4 Å². The van der Waals surface area contributed by atoms with E-state index in [4.69, 9.17) is 19.2 Å². The number of hydrogen-bond donors (Lipinski definition) is 1. The first-order valence-electron chi connectivity index (χ1n) is 10.2. The second-order valence-electron chi connectivity index (χ2n) is 7.81. The summed E-state index contributed by atoms with van der Waals surface area (Å²) in [5.41, 5.74) is 3.74. The number of amidine groups is 1. The van der Waals surface area contributed by atoms with Gasteiger partial charge in [-0.2, -0.15) is 5.10 Å². The van der Waals surface area contributed by atoms with Crippen LogP contribution in [0.5, 0.6) is 5.75 Å². The number of aromatic nitrogens is 2. The number of urea groups is 1. The highest BCUT2D eigenvalue weighted by Crippen LogP contribution is 2.42. The SMILES string of the molecule is COc1ccc(-c2cnn(C)c2)c2c1CC(NC(=O)N1CCC3(CC1)OCCO3)=N2. The Bertz CT molecular complexity index is 999. The van der Waals surface area contributed by atoms with Crippen LogP contribution in [-0.2, 0) is 22.9 Å². The zero-order valence-corrected chi connectivity index (χ0v) is 17.2. The molecule has 2 aromatic rings. The number of fused-ring (bicyclic) bond motifs is 1. The molecule has 1 N–H and O–H groups in total. The van der Waals surface area contributed by atoms with Crippen LogP contribution < -0.4 is 10.1 Å². The van der Waals surface area contributed by atoms with Crippen LogP contribution in [0.15, 0.2) is 29.5 Å². The molecule has 1 aromatic carbocycles. The average Bonchev–Trinajstić information content (AvgIpc) is 3.48. The fourth-order valence-corrected chi connectivity index (χ4v) is 4.35. The normalized spacial score (nSPS) is 19.7. The van der Waals surface area contributed by atoms with Crippen molar-refractivity contribution in [2.45, 2.75) is 25.0 Å². The molecule has 2 fully saturated rings. The fraction of sp³-hybridized carbons (Fsp3) is 0.476. The van der Waals surface area contributed by atoms with Gasteiger partial charge < -0.3 is 19.1 Å². The van der Waals surface area contributed by atoms with Crippen LogP contribution >= 0.6 is 0 Å². The van der Waals surface area contributed by atoms with Crippen molar-refractivity contribution < 1.29 is 19.0 Å². The maximum absolute atomic E-state index is 12.8. The number of benzene rings is 1. The Balaban J connectivity index is 1.32. The molecule has 30 heavy (non-hydrogen) atoms. The zero-order chi connectivity index (χ0) is 20.7. The molecule has 2 saturated heterocycles. The van der Waals surface area contributed by atoms with Crippen molar-refractivity contribution in [3.8, 4) is 16.9 Å². The topological polar surface area (TPSA) is 90.2 Å². The molecule has 5 rings (SSSR count). The predicted molar refractivity (Wildman–Crippen MR) is 110 cm³/mol. The predicted octanol–water partition coefficient (Wildman–Crippen LogP) is 2.23. The lowest BCUT2D eigenvalue weighted by Crippen LogP contribution is -2.51. The molecule has 0 radical (unpaired) electrons. The second kappa shape index (κ2) is 7.41. The van der Waals surface area contributed by atoms with Crippen LogP contribution in [0.3, 0.4) is 0 Å². The van der Waals surface area contributed by atoms with Gasteiger partial charge in [-0.05, 0) is 12.1 Å². The van der Waals surface area contributed by atoms with E-state index in [0.29, 0.717) is 51.4 Å². The molecule has 1 aromatic heterocycles. The van der Waals surface area contributed by atoms with Gasteiger partial charge >= 0.3 is 6.03 Å². The lowest BCUT2D eigenvalue weighted by atomic mass is 10.0. The van der Waals surface area contributed by atoms with E-state index in [9.17, 15) is 4.79 Å². The number of amides is 2. The number of aryl methyl sites for hydroxylation is 1. The Hall–Kier alpha value is -2.91. The monoisotopic (exact) mass is 411 g/mol. The molecular formula is C21H25N5O4. The maximum atomic E-state index is 12.8. The third kappa shape index (κ3) is 3.33. The van der Waals surface area contributed by atoms with Crippen molar-refractivity contribution in [1.29, 1.82) is 0 Å². The summed E-state index contributed by atoms with van der Waals surface area (Å²) in [6, 6.07) is 3.78. The van der Waals surface area contributed by atoms with E-state index in [1.165, 1.54) is 0 Å². The van der Waals surface area contributed by atoms with E-state index in [1.54, 1.807) is 16.7 Å². The molecular weight excluding hydrogens is 386 g/mol. The summed E-state index contributed by atoms with van der Waals surface area (Å²) in [5.74, 6) is 0.892. The van der Waals surface area contributed by atoms with Gasteiger partial charge in [-0.3, -0.25) is 10.00 Å². The largest absolute Gasteiger partial charge is 0.496 e. The fourth-order valence-electron chi connectivity index (χ4n) is 4.35. The number of carbonyl (C=O) groups is 1. The van der Waals surface area contributed by atoms with Gasteiger partial charge in [0.1, 0.15) is 11.6 Å². The van der Waals surface area contributed by atoms with Gasteiger partial charge in [0.25, 0.3) is 0 Å².